The quantitative estimate of drug-likeness (QED) is 0.621. The van der Waals surface area contributed by atoms with Gasteiger partial charge in [0.25, 0.3) is 0 Å². The van der Waals surface area contributed by atoms with E-state index in [9.17, 15) is 20.1 Å². The number of benzene rings is 1. The van der Waals surface area contributed by atoms with Crippen LogP contribution in [0.1, 0.15) is 43.7 Å². The Morgan fingerprint density at radius 3 is 2.38 bits per heavy atom. The van der Waals surface area contributed by atoms with Crippen LogP contribution in [-0.2, 0) is 11.2 Å². The van der Waals surface area contributed by atoms with E-state index in [4.69, 9.17) is 5.11 Å². The highest BCUT2D eigenvalue weighted by molar-refractivity contribution is 5.67. The van der Waals surface area contributed by atoms with Gasteiger partial charge in [-0.2, -0.15) is 0 Å². The van der Waals surface area contributed by atoms with E-state index < -0.39 is 12.1 Å². The molecule has 0 amide bonds. The highest BCUT2D eigenvalue weighted by Crippen LogP contribution is 2.46. The van der Waals surface area contributed by atoms with E-state index in [1.54, 1.807) is 0 Å². The van der Waals surface area contributed by atoms with Gasteiger partial charge < -0.3 is 20.4 Å². The van der Waals surface area contributed by atoms with Gasteiger partial charge in [0.2, 0.25) is 0 Å². The highest BCUT2D eigenvalue weighted by Gasteiger charge is 2.33. The lowest BCUT2D eigenvalue weighted by Gasteiger charge is -2.34. The fraction of sp³-hybridized carbons (Fsp3) is 0.421. The van der Waals surface area contributed by atoms with Crippen molar-refractivity contribution in [1.82, 2.24) is 0 Å². The maximum absolute atomic E-state index is 10.7. The predicted molar refractivity (Wildman–Crippen MR) is 91.2 cm³/mol. The van der Waals surface area contributed by atoms with Crippen LogP contribution in [0.4, 0.5) is 0 Å². The van der Waals surface area contributed by atoms with Gasteiger partial charge in [0.1, 0.15) is 11.5 Å². The molecule has 5 nitrogen and oxygen atoms in total. The molecule has 24 heavy (non-hydrogen) atoms. The first-order valence-electron chi connectivity index (χ1n) is 7.99. The van der Waals surface area contributed by atoms with Crippen molar-refractivity contribution in [3.05, 3.63) is 47.1 Å². The van der Waals surface area contributed by atoms with Gasteiger partial charge in [-0.05, 0) is 55.9 Å². The van der Waals surface area contributed by atoms with Crippen LogP contribution in [-0.4, -0.2) is 32.5 Å². The normalized spacial score (nSPS) is 23.6. The van der Waals surface area contributed by atoms with Gasteiger partial charge in [-0.15, -0.1) is 0 Å². The lowest BCUT2D eigenvalue weighted by Crippen LogP contribution is -2.26. The van der Waals surface area contributed by atoms with Gasteiger partial charge in [-0.25, -0.2) is 0 Å². The molecule has 2 rings (SSSR count). The Labute approximate surface area is 141 Å². The molecule has 3 atom stereocenters. The largest absolute Gasteiger partial charge is 0.507 e. The molecule has 130 valence electrons. The van der Waals surface area contributed by atoms with Gasteiger partial charge in [0.15, 0.2) is 0 Å². The van der Waals surface area contributed by atoms with E-state index in [-0.39, 0.29) is 36.2 Å². The number of aryl methyl sites for hydroxylation is 1. The zero-order chi connectivity index (χ0) is 18.0. The van der Waals surface area contributed by atoms with E-state index in [0.717, 1.165) is 11.1 Å². The predicted octanol–water partition coefficient (Wildman–Crippen LogP) is 3.10. The molecule has 0 saturated carbocycles. The third-order valence-corrected chi connectivity index (χ3v) is 4.67. The van der Waals surface area contributed by atoms with Crippen molar-refractivity contribution in [2.45, 2.75) is 45.1 Å². The molecule has 0 fully saturated rings. The standard InChI is InChI=1S/C19H24O5/c1-10(2)13-9-15(20)11(3)6-14(13)19-16(21)7-12(8-17(19)22)4-5-18(23)24/h6-8,13-15,20-22H,1,4-5,9H2,2-3H3,(H,23,24)/t13-,14-,15?/m0/s1. The summed E-state index contributed by atoms with van der Waals surface area (Å²) in [6, 6.07) is 3.00. The molecule has 1 aromatic rings. The number of hydrogen-bond acceptors (Lipinski definition) is 4. The van der Waals surface area contributed by atoms with Crippen LogP contribution in [0.15, 0.2) is 35.9 Å². The van der Waals surface area contributed by atoms with Crippen molar-refractivity contribution in [2.24, 2.45) is 5.92 Å². The molecule has 0 aliphatic heterocycles. The number of hydrogen-bond donors (Lipinski definition) is 4. The second kappa shape index (κ2) is 7.09. The minimum absolute atomic E-state index is 0.0629. The fourth-order valence-corrected chi connectivity index (χ4v) is 3.29. The van der Waals surface area contributed by atoms with Crippen LogP contribution < -0.4 is 0 Å². The molecule has 0 aromatic heterocycles. The molecule has 0 bridgehead atoms. The molecule has 1 aromatic carbocycles. The number of aliphatic carboxylic acids is 1. The van der Waals surface area contributed by atoms with Gasteiger partial charge in [-0.3, -0.25) is 4.79 Å². The Morgan fingerprint density at radius 2 is 1.88 bits per heavy atom. The average Bonchev–Trinajstić information content (AvgIpc) is 2.47. The summed E-state index contributed by atoms with van der Waals surface area (Å²) in [5, 5.41) is 39.7. The third-order valence-electron chi connectivity index (χ3n) is 4.67. The molecule has 0 heterocycles. The van der Waals surface area contributed by atoms with Crippen molar-refractivity contribution in [1.29, 1.82) is 0 Å². The Kier molecular flexibility index (Phi) is 5.34. The number of carboxylic acid groups (broad SMARTS) is 1. The van der Waals surface area contributed by atoms with E-state index in [2.05, 4.69) is 6.58 Å². The van der Waals surface area contributed by atoms with E-state index in [0.29, 0.717) is 17.5 Å². The maximum Gasteiger partial charge on any atom is 0.303 e. The Balaban J connectivity index is 2.42. The molecule has 1 aliphatic rings. The number of phenols is 2. The van der Waals surface area contributed by atoms with Crippen LogP contribution in [0.3, 0.4) is 0 Å². The number of allylic oxidation sites excluding steroid dienone is 2. The second-order valence-corrected chi connectivity index (χ2v) is 6.58. The summed E-state index contributed by atoms with van der Waals surface area (Å²) < 4.78 is 0. The van der Waals surface area contributed by atoms with Crippen molar-refractivity contribution < 1.29 is 25.2 Å². The van der Waals surface area contributed by atoms with Crippen molar-refractivity contribution >= 4 is 5.97 Å². The molecular formula is C19H24O5. The van der Waals surface area contributed by atoms with Gasteiger partial charge in [0.05, 0.1) is 6.10 Å². The lowest BCUT2D eigenvalue weighted by atomic mass is 9.72. The first-order chi connectivity index (χ1) is 11.2. The van der Waals surface area contributed by atoms with Crippen LogP contribution in [0.25, 0.3) is 0 Å². The van der Waals surface area contributed by atoms with Crippen molar-refractivity contribution in [2.75, 3.05) is 0 Å². The Hall–Kier alpha value is -2.27. The average molecular weight is 332 g/mol. The summed E-state index contributed by atoms with van der Waals surface area (Å²) >= 11 is 0. The second-order valence-electron chi connectivity index (χ2n) is 6.58. The summed E-state index contributed by atoms with van der Waals surface area (Å²) in [5.41, 5.74) is 2.63. The molecule has 0 saturated heterocycles. The van der Waals surface area contributed by atoms with Crippen LogP contribution in [0, 0.1) is 5.92 Å². The van der Waals surface area contributed by atoms with E-state index in [1.165, 1.54) is 12.1 Å². The van der Waals surface area contributed by atoms with Crippen molar-refractivity contribution in [3.8, 4) is 11.5 Å². The number of rotatable bonds is 5. The number of phenolic OH excluding ortho intramolecular Hbond substituents is 2. The molecule has 5 heteroatoms. The minimum atomic E-state index is -0.930. The number of aliphatic hydroxyl groups excluding tert-OH is 1. The van der Waals surface area contributed by atoms with Crippen molar-refractivity contribution in [3.63, 3.8) is 0 Å². The number of aliphatic hydroxyl groups is 1. The van der Waals surface area contributed by atoms with Crippen LogP contribution >= 0.6 is 0 Å². The molecule has 0 radical (unpaired) electrons. The van der Waals surface area contributed by atoms with E-state index >= 15 is 0 Å². The van der Waals surface area contributed by atoms with Crippen LogP contribution in [0.5, 0.6) is 11.5 Å². The third kappa shape index (κ3) is 3.79. The first kappa shape index (κ1) is 18.1. The monoisotopic (exact) mass is 332 g/mol. The summed E-state index contributed by atoms with van der Waals surface area (Å²) in [6.07, 6.45) is 1.96. The molecule has 1 unspecified atom stereocenters. The molecular weight excluding hydrogens is 308 g/mol. The zero-order valence-corrected chi connectivity index (χ0v) is 14.0. The SMILES string of the molecule is C=C(C)[C@@H]1CC(O)C(C)=C[C@@H]1c1c(O)cc(CCC(=O)O)cc1O. The summed E-state index contributed by atoms with van der Waals surface area (Å²) in [7, 11) is 0. The molecule has 1 aliphatic carbocycles. The number of carboxylic acids is 1. The molecule has 0 spiro atoms. The van der Waals surface area contributed by atoms with Crippen LogP contribution in [0.2, 0.25) is 0 Å². The first-order valence-corrected chi connectivity index (χ1v) is 7.99. The topological polar surface area (TPSA) is 98.0 Å². The highest BCUT2D eigenvalue weighted by atomic mass is 16.4. The maximum atomic E-state index is 10.7. The fourth-order valence-electron chi connectivity index (χ4n) is 3.29. The minimum Gasteiger partial charge on any atom is -0.507 e. The Morgan fingerprint density at radius 1 is 1.29 bits per heavy atom. The van der Waals surface area contributed by atoms with E-state index in [1.807, 2.05) is 19.9 Å². The summed E-state index contributed by atoms with van der Waals surface area (Å²) in [6.45, 7) is 7.66. The Bertz CT molecular complexity index is 666. The zero-order valence-electron chi connectivity index (χ0n) is 14.0. The summed E-state index contributed by atoms with van der Waals surface area (Å²) in [4.78, 5) is 10.7. The molecule has 4 N–H and O–H groups in total. The number of aromatic hydroxyl groups is 2. The number of carbonyl (C=O) groups is 1. The summed E-state index contributed by atoms with van der Waals surface area (Å²) in [5.74, 6) is -1.43. The van der Waals surface area contributed by atoms with Gasteiger partial charge >= 0.3 is 5.97 Å². The van der Waals surface area contributed by atoms with Gasteiger partial charge in [0, 0.05) is 17.9 Å². The smallest absolute Gasteiger partial charge is 0.303 e. The lowest BCUT2D eigenvalue weighted by molar-refractivity contribution is -0.136. The van der Waals surface area contributed by atoms with Gasteiger partial charge in [-0.1, -0.05) is 18.2 Å².